The van der Waals surface area contributed by atoms with Crippen LogP contribution < -0.4 is 5.32 Å². The first kappa shape index (κ1) is 16.0. The first-order valence-corrected chi connectivity index (χ1v) is 7.09. The number of carbonyl (C=O) groups excluding carboxylic acids is 1. The number of carbonyl (C=O) groups is 1. The lowest BCUT2D eigenvalue weighted by molar-refractivity contribution is 0.0766. The van der Waals surface area contributed by atoms with Gasteiger partial charge in [-0.1, -0.05) is 11.6 Å². The van der Waals surface area contributed by atoms with E-state index in [4.69, 9.17) is 11.6 Å². The molecule has 0 bridgehead atoms. The summed E-state index contributed by atoms with van der Waals surface area (Å²) in [7, 11) is 0. The van der Waals surface area contributed by atoms with Crippen LogP contribution in [-0.4, -0.2) is 37.0 Å². The van der Waals surface area contributed by atoms with Gasteiger partial charge in [-0.25, -0.2) is 0 Å². The van der Waals surface area contributed by atoms with Crippen LogP contribution in [0, 0.1) is 3.57 Å². The number of nitrogens with zero attached hydrogens (tertiary/aromatic N) is 1. The standard InChI is InChI=1S/C12H14ClIN2O.ClH/c13-10-8-9(2-3-11(10)14)12(17)16-6-1-4-15-5-7-16;/h2-3,8,15H,1,4-7H2;1H. The summed E-state index contributed by atoms with van der Waals surface area (Å²) in [6.45, 7) is 3.43. The largest absolute Gasteiger partial charge is 0.337 e. The molecule has 1 fully saturated rings. The van der Waals surface area contributed by atoms with Crippen LogP contribution >= 0.6 is 46.6 Å². The maximum atomic E-state index is 12.3. The summed E-state index contributed by atoms with van der Waals surface area (Å²) < 4.78 is 0.971. The number of hydrogen-bond donors (Lipinski definition) is 1. The Morgan fingerprint density at radius 3 is 2.83 bits per heavy atom. The molecular weight excluding hydrogens is 386 g/mol. The van der Waals surface area contributed by atoms with Crippen LogP contribution in [0.3, 0.4) is 0 Å². The van der Waals surface area contributed by atoms with Crippen molar-refractivity contribution in [1.82, 2.24) is 10.2 Å². The van der Waals surface area contributed by atoms with E-state index in [9.17, 15) is 4.79 Å². The van der Waals surface area contributed by atoms with Crippen molar-refractivity contribution in [3.8, 4) is 0 Å². The van der Waals surface area contributed by atoms with E-state index in [1.165, 1.54) is 0 Å². The van der Waals surface area contributed by atoms with Gasteiger partial charge in [-0.3, -0.25) is 4.79 Å². The lowest BCUT2D eigenvalue weighted by Crippen LogP contribution is -2.34. The Morgan fingerprint density at radius 2 is 2.11 bits per heavy atom. The first-order chi connectivity index (χ1) is 8.18. The Labute approximate surface area is 132 Å². The summed E-state index contributed by atoms with van der Waals surface area (Å²) in [6.07, 6.45) is 1.00. The van der Waals surface area contributed by atoms with Crippen LogP contribution in [0.1, 0.15) is 16.8 Å². The molecule has 0 aromatic heterocycles. The number of halogens is 3. The van der Waals surface area contributed by atoms with E-state index < -0.39 is 0 Å². The molecule has 1 N–H and O–H groups in total. The molecule has 0 radical (unpaired) electrons. The van der Waals surface area contributed by atoms with Crippen molar-refractivity contribution in [3.63, 3.8) is 0 Å². The molecule has 0 atom stereocenters. The van der Waals surface area contributed by atoms with E-state index in [1.807, 2.05) is 17.0 Å². The highest BCUT2D eigenvalue weighted by Gasteiger charge is 2.17. The van der Waals surface area contributed by atoms with Gasteiger partial charge in [0.25, 0.3) is 5.91 Å². The minimum absolute atomic E-state index is 0. The molecule has 100 valence electrons. The second-order valence-corrected chi connectivity index (χ2v) is 5.59. The van der Waals surface area contributed by atoms with Crippen LogP contribution in [0.25, 0.3) is 0 Å². The molecule has 1 amide bonds. The third kappa shape index (κ3) is 3.98. The number of nitrogens with one attached hydrogen (secondary N) is 1. The van der Waals surface area contributed by atoms with Crippen molar-refractivity contribution in [2.24, 2.45) is 0 Å². The Hall–Kier alpha value is -0.0400. The Bertz CT molecular complexity index is 421. The van der Waals surface area contributed by atoms with Crippen LogP contribution in [-0.2, 0) is 0 Å². The molecule has 18 heavy (non-hydrogen) atoms. The smallest absolute Gasteiger partial charge is 0.253 e. The third-order valence-electron chi connectivity index (χ3n) is 2.79. The molecule has 0 unspecified atom stereocenters. The van der Waals surface area contributed by atoms with Gasteiger partial charge >= 0.3 is 0 Å². The topological polar surface area (TPSA) is 32.3 Å². The Kier molecular flexibility index (Phi) is 6.70. The molecule has 3 nitrogen and oxygen atoms in total. The third-order valence-corrected chi connectivity index (χ3v) is 4.37. The van der Waals surface area contributed by atoms with Gasteiger partial charge in [0.1, 0.15) is 0 Å². The molecule has 1 aliphatic heterocycles. The van der Waals surface area contributed by atoms with Crippen molar-refractivity contribution >= 4 is 52.5 Å². The molecule has 1 saturated heterocycles. The fourth-order valence-corrected chi connectivity index (χ4v) is 2.38. The molecule has 1 heterocycles. The predicted octanol–water partition coefficient (Wildman–Crippen LogP) is 2.80. The SMILES string of the molecule is Cl.O=C(c1ccc(I)c(Cl)c1)N1CCCNCC1. The van der Waals surface area contributed by atoms with E-state index in [0.29, 0.717) is 10.6 Å². The van der Waals surface area contributed by atoms with Gasteiger partial charge in [0, 0.05) is 28.8 Å². The molecule has 1 aromatic rings. The summed E-state index contributed by atoms with van der Waals surface area (Å²) in [5, 5.41) is 3.93. The normalized spacial score (nSPS) is 15.8. The van der Waals surface area contributed by atoms with Crippen molar-refractivity contribution in [2.75, 3.05) is 26.2 Å². The second-order valence-electron chi connectivity index (χ2n) is 4.02. The van der Waals surface area contributed by atoms with Crippen LogP contribution in [0.15, 0.2) is 18.2 Å². The Balaban J connectivity index is 0.00000162. The fraction of sp³-hybridized carbons (Fsp3) is 0.417. The van der Waals surface area contributed by atoms with Crippen LogP contribution in [0.5, 0.6) is 0 Å². The van der Waals surface area contributed by atoms with E-state index in [1.54, 1.807) is 6.07 Å². The highest BCUT2D eigenvalue weighted by molar-refractivity contribution is 14.1. The van der Waals surface area contributed by atoms with Gasteiger partial charge in [0.2, 0.25) is 0 Å². The molecule has 0 spiro atoms. The number of amides is 1. The van der Waals surface area contributed by atoms with Gasteiger partial charge in [-0.05, 0) is 53.8 Å². The molecular formula is C12H15Cl2IN2O. The minimum Gasteiger partial charge on any atom is -0.337 e. The zero-order chi connectivity index (χ0) is 12.3. The van der Waals surface area contributed by atoms with Gasteiger partial charge in [0.05, 0.1) is 5.02 Å². The van der Waals surface area contributed by atoms with Gasteiger partial charge in [0.15, 0.2) is 0 Å². The zero-order valence-electron chi connectivity index (χ0n) is 9.79. The van der Waals surface area contributed by atoms with Crippen molar-refractivity contribution in [3.05, 3.63) is 32.4 Å². The lowest BCUT2D eigenvalue weighted by atomic mass is 10.2. The summed E-state index contributed by atoms with van der Waals surface area (Å²) in [5.74, 6) is 0.0759. The average molecular weight is 401 g/mol. The molecule has 1 aromatic carbocycles. The lowest BCUT2D eigenvalue weighted by Gasteiger charge is -2.20. The van der Waals surface area contributed by atoms with Crippen LogP contribution in [0.2, 0.25) is 5.02 Å². The van der Waals surface area contributed by atoms with Gasteiger partial charge < -0.3 is 10.2 Å². The van der Waals surface area contributed by atoms with Gasteiger partial charge in [-0.15, -0.1) is 12.4 Å². The quantitative estimate of drug-likeness (QED) is 0.735. The first-order valence-electron chi connectivity index (χ1n) is 5.63. The van der Waals surface area contributed by atoms with Crippen molar-refractivity contribution < 1.29 is 4.79 Å². The molecule has 1 aliphatic rings. The molecule has 0 saturated carbocycles. The minimum atomic E-state index is 0. The number of benzene rings is 1. The number of rotatable bonds is 1. The molecule has 6 heteroatoms. The average Bonchev–Trinajstić information content (AvgIpc) is 2.60. The fourth-order valence-electron chi connectivity index (χ4n) is 1.86. The van der Waals surface area contributed by atoms with E-state index in [0.717, 1.165) is 36.2 Å². The van der Waals surface area contributed by atoms with Crippen molar-refractivity contribution in [2.45, 2.75) is 6.42 Å². The summed E-state index contributed by atoms with van der Waals surface area (Å²) >= 11 is 8.20. The van der Waals surface area contributed by atoms with E-state index in [2.05, 4.69) is 27.9 Å². The van der Waals surface area contributed by atoms with Crippen molar-refractivity contribution in [1.29, 1.82) is 0 Å². The Morgan fingerprint density at radius 1 is 1.33 bits per heavy atom. The maximum Gasteiger partial charge on any atom is 0.253 e. The van der Waals surface area contributed by atoms with E-state index in [-0.39, 0.29) is 18.3 Å². The van der Waals surface area contributed by atoms with E-state index >= 15 is 0 Å². The number of hydrogen-bond acceptors (Lipinski definition) is 2. The second kappa shape index (κ2) is 7.53. The van der Waals surface area contributed by atoms with Crippen LogP contribution in [0.4, 0.5) is 0 Å². The highest BCUT2D eigenvalue weighted by atomic mass is 127. The monoisotopic (exact) mass is 400 g/mol. The zero-order valence-corrected chi connectivity index (χ0v) is 13.5. The molecule has 0 aliphatic carbocycles. The highest BCUT2D eigenvalue weighted by Crippen LogP contribution is 2.20. The molecule has 2 rings (SSSR count). The predicted molar refractivity (Wildman–Crippen MR) is 84.8 cm³/mol. The summed E-state index contributed by atoms with van der Waals surface area (Å²) in [5.41, 5.74) is 0.678. The summed E-state index contributed by atoms with van der Waals surface area (Å²) in [6, 6.07) is 5.48. The maximum absolute atomic E-state index is 12.3. The van der Waals surface area contributed by atoms with Gasteiger partial charge in [-0.2, -0.15) is 0 Å². The summed E-state index contributed by atoms with van der Waals surface area (Å²) in [4.78, 5) is 14.1.